The molecule has 3 atom stereocenters. The maximum atomic E-state index is 13.1. The van der Waals surface area contributed by atoms with Crippen molar-refractivity contribution in [3.05, 3.63) is 17.5 Å². The molecule has 1 aromatic rings. The van der Waals surface area contributed by atoms with Gasteiger partial charge in [-0.3, -0.25) is 14.9 Å². The van der Waals surface area contributed by atoms with Crippen molar-refractivity contribution in [1.82, 2.24) is 14.7 Å². The number of carbonyl (C=O) groups excluding carboxylic acids is 2. The molecule has 0 aliphatic heterocycles. The highest BCUT2D eigenvalue weighted by Crippen LogP contribution is 2.64. The molecule has 0 aromatic carbocycles. The van der Waals surface area contributed by atoms with Gasteiger partial charge in [-0.25, -0.2) is 23.1 Å². The standard InChI is InChI=1S/C22H32N4O4S/c1-4-5-19(28)25-20-23-12-14-10-16(6-7-17(14)24-20)26-31(29,30)13-22-9-8-15(11-18(22)27)21(22,2)3/h12,15-16,26H,4-11,13H2,1-3H3,(H,23,24,25,28). The lowest BCUT2D eigenvalue weighted by atomic mass is 9.70. The zero-order valence-corrected chi connectivity index (χ0v) is 19.3. The Morgan fingerprint density at radius 3 is 2.68 bits per heavy atom. The van der Waals surface area contributed by atoms with Crippen molar-refractivity contribution >= 4 is 27.7 Å². The number of ketones is 1. The topological polar surface area (TPSA) is 118 Å². The normalized spacial score (nSPS) is 29.1. The van der Waals surface area contributed by atoms with E-state index >= 15 is 0 Å². The van der Waals surface area contributed by atoms with Gasteiger partial charge in [0.25, 0.3) is 0 Å². The molecule has 0 spiro atoms. The van der Waals surface area contributed by atoms with E-state index in [0.29, 0.717) is 50.4 Å². The Balaban J connectivity index is 1.42. The van der Waals surface area contributed by atoms with E-state index in [1.54, 1.807) is 6.20 Å². The van der Waals surface area contributed by atoms with Gasteiger partial charge in [0.1, 0.15) is 5.78 Å². The summed E-state index contributed by atoms with van der Waals surface area (Å²) in [6.07, 6.45) is 6.69. The Morgan fingerprint density at radius 2 is 2.03 bits per heavy atom. The number of aromatic nitrogens is 2. The van der Waals surface area contributed by atoms with Crippen LogP contribution in [-0.4, -0.2) is 41.9 Å². The summed E-state index contributed by atoms with van der Waals surface area (Å²) in [5, 5.41) is 2.70. The number of sulfonamides is 1. The number of hydrogen-bond donors (Lipinski definition) is 2. The monoisotopic (exact) mass is 448 g/mol. The zero-order valence-electron chi connectivity index (χ0n) is 18.5. The highest BCUT2D eigenvalue weighted by Gasteiger charge is 2.65. The maximum absolute atomic E-state index is 13.1. The van der Waals surface area contributed by atoms with Crippen molar-refractivity contribution in [1.29, 1.82) is 0 Å². The number of rotatable bonds is 7. The average Bonchev–Trinajstić information content (AvgIpc) is 3.02. The number of hydrogen-bond acceptors (Lipinski definition) is 6. The number of Topliss-reactive ketones (excluding diaryl/α,β-unsaturated/α-hetero) is 1. The second kappa shape index (κ2) is 7.92. The Bertz CT molecular complexity index is 1010. The predicted octanol–water partition coefficient (Wildman–Crippen LogP) is 2.39. The van der Waals surface area contributed by atoms with Gasteiger partial charge >= 0.3 is 0 Å². The van der Waals surface area contributed by atoms with Gasteiger partial charge < -0.3 is 0 Å². The van der Waals surface area contributed by atoms with E-state index in [4.69, 9.17) is 0 Å². The number of nitrogens with one attached hydrogen (secondary N) is 2. The van der Waals surface area contributed by atoms with Gasteiger partial charge in [0.05, 0.1) is 5.75 Å². The van der Waals surface area contributed by atoms with E-state index in [9.17, 15) is 18.0 Å². The van der Waals surface area contributed by atoms with Crippen LogP contribution in [0.15, 0.2) is 6.20 Å². The second-order valence-electron chi connectivity index (χ2n) is 9.95. The number of anilines is 1. The van der Waals surface area contributed by atoms with E-state index in [0.717, 1.165) is 24.1 Å². The molecule has 1 heterocycles. The third kappa shape index (κ3) is 4.02. The third-order valence-electron chi connectivity index (χ3n) is 7.80. The fourth-order valence-electron chi connectivity index (χ4n) is 5.81. The van der Waals surface area contributed by atoms with Crippen LogP contribution in [-0.2, 0) is 32.5 Å². The largest absolute Gasteiger partial charge is 0.299 e. The van der Waals surface area contributed by atoms with E-state index in [2.05, 4.69) is 33.9 Å². The van der Waals surface area contributed by atoms with Gasteiger partial charge in [0, 0.05) is 36.2 Å². The summed E-state index contributed by atoms with van der Waals surface area (Å²) in [5.74, 6) is 0.472. The highest BCUT2D eigenvalue weighted by molar-refractivity contribution is 7.89. The molecule has 3 aliphatic carbocycles. The minimum absolute atomic E-state index is 0.109. The van der Waals surface area contributed by atoms with Crippen LogP contribution < -0.4 is 10.0 Å². The lowest BCUT2D eigenvalue weighted by Gasteiger charge is -2.36. The van der Waals surface area contributed by atoms with Crippen molar-refractivity contribution in [3.8, 4) is 0 Å². The van der Waals surface area contributed by atoms with Crippen molar-refractivity contribution < 1.29 is 18.0 Å². The third-order valence-corrected chi connectivity index (χ3v) is 9.37. The van der Waals surface area contributed by atoms with Gasteiger partial charge in [-0.05, 0) is 55.4 Å². The fourth-order valence-corrected chi connectivity index (χ4v) is 7.93. The molecule has 170 valence electrons. The van der Waals surface area contributed by atoms with Gasteiger partial charge in [0.15, 0.2) is 0 Å². The predicted molar refractivity (Wildman–Crippen MR) is 117 cm³/mol. The minimum Gasteiger partial charge on any atom is -0.299 e. The van der Waals surface area contributed by atoms with Crippen molar-refractivity contribution in [2.75, 3.05) is 11.1 Å². The lowest BCUT2D eigenvalue weighted by Crippen LogP contribution is -2.48. The average molecular weight is 449 g/mol. The minimum atomic E-state index is -3.61. The molecule has 8 nitrogen and oxygen atoms in total. The molecule has 0 saturated heterocycles. The van der Waals surface area contributed by atoms with Crippen LogP contribution in [0, 0.1) is 16.7 Å². The molecule has 1 aromatic heterocycles. The Hall–Kier alpha value is -1.87. The first-order valence-electron chi connectivity index (χ1n) is 11.2. The van der Waals surface area contributed by atoms with Crippen molar-refractivity contribution in [2.45, 2.75) is 78.2 Å². The van der Waals surface area contributed by atoms with E-state index in [1.807, 2.05) is 6.92 Å². The molecule has 4 rings (SSSR count). The van der Waals surface area contributed by atoms with Crippen LogP contribution >= 0.6 is 0 Å². The van der Waals surface area contributed by atoms with Crippen LogP contribution in [0.4, 0.5) is 5.95 Å². The van der Waals surface area contributed by atoms with Crippen LogP contribution in [0.1, 0.15) is 70.6 Å². The summed E-state index contributed by atoms with van der Waals surface area (Å²) in [7, 11) is -3.61. The van der Waals surface area contributed by atoms with Gasteiger partial charge in [-0.2, -0.15) is 0 Å². The van der Waals surface area contributed by atoms with Crippen LogP contribution in [0.3, 0.4) is 0 Å². The van der Waals surface area contributed by atoms with Crippen LogP contribution in [0.5, 0.6) is 0 Å². The van der Waals surface area contributed by atoms with E-state index in [1.165, 1.54) is 0 Å². The summed E-state index contributed by atoms with van der Waals surface area (Å²) in [6.45, 7) is 6.04. The molecule has 0 radical (unpaired) electrons. The Labute approximate surface area is 184 Å². The Kier molecular flexibility index (Phi) is 5.70. The quantitative estimate of drug-likeness (QED) is 0.661. The molecule has 2 fully saturated rings. The summed E-state index contributed by atoms with van der Waals surface area (Å²) in [5.41, 5.74) is 0.709. The number of carbonyl (C=O) groups is 2. The molecule has 31 heavy (non-hydrogen) atoms. The van der Waals surface area contributed by atoms with Gasteiger partial charge in [-0.1, -0.05) is 20.8 Å². The smallest absolute Gasteiger partial charge is 0.229 e. The van der Waals surface area contributed by atoms with E-state index < -0.39 is 15.4 Å². The summed E-state index contributed by atoms with van der Waals surface area (Å²) >= 11 is 0. The molecule has 2 N–H and O–H groups in total. The number of nitrogens with zero attached hydrogens (tertiary/aromatic N) is 2. The SMILES string of the molecule is CCCC(=O)Nc1ncc2c(n1)CCC(NS(=O)(=O)CC13CCC(CC1=O)C3(C)C)C2. The fraction of sp³-hybridized carbons (Fsp3) is 0.727. The van der Waals surface area contributed by atoms with Crippen LogP contribution in [0.2, 0.25) is 0 Å². The molecule has 9 heteroatoms. The van der Waals surface area contributed by atoms with Crippen LogP contribution in [0.25, 0.3) is 0 Å². The first-order chi connectivity index (χ1) is 14.6. The van der Waals surface area contributed by atoms with Crippen molar-refractivity contribution in [2.24, 2.45) is 16.7 Å². The number of fused-ring (bicyclic) bond motifs is 3. The summed E-state index contributed by atoms with van der Waals surface area (Å²) < 4.78 is 29.0. The molecule has 2 saturated carbocycles. The molecule has 3 aliphatic rings. The van der Waals surface area contributed by atoms with Gasteiger partial charge in [0.2, 0.25) is 21.9 Å². The Morgan fingerprint density at radius 1 is 1.26 bits per heavy atom. The maximum Gasteiger partial charge on any atom is 0.229 e. The lowest BCUT2D eigenvalue weighted by molar-refractivity contribution is -0.128. The highest BCUT2D eigenvalue weighted by atomic mass is 32.2. The first kappa shape index (κ1) is 22.3. The number of aryl methyl sites for hydroxylation is 1. The zero-order chi connectivity index (χ0) is 22.4. The molecular weight excluding hydrogens is 416 g/mol. The molecule has 3 unspecified atom stereocenters. The summed E-state index contributed by atoms with van der Waals surface area (Å²) in [4.78, 5) is 33.1. The second-order valence-corrected chi connectivity index (χ2v) is 11.7. The van der Waals surface area contributed by atoms with E-state index in [-0.39, 0.29) is 28.9 Å². The molecule has 1 amide bonds. The van der Waals surface area contributed by atoms with Crippen molar-refractivity contribution in [3.63, 3.8) is 0 Å². The van der Waals surface area contributed by atoms with Gasteiger partial charge in [-0.15, -0.1) is 0 Å². The molecule has 2 bridgehead atoms. The summed E-state index contributed by atoms with van der Waals surface area (Å²) in [6, 6.07) is -0.241. The molecular formula is C22H32N4O4S. The number of amides is 1. The first-order valence-corrected chi connectivity index (χ1v) is 12.9.